The van der Waals surface area contributed by atoms with Crippen molar-refractivity contribution >= 4 is 11.8 Å². The minimum atomic E-state index is -0.537. The minimum absolute atomic E-state index is 0.0246. The summed E-state index contributed by atoms with van der Waals surface area (Å²) in [7, 11) is 0. The molecule has 0 aliphatic carbocycles. The molecule has 5 heteroatoms. The first-order valence-electron chi connectivity index (χ1n) is 9.87. The Morgan fingerprint density at radius 1 is 1.11 bits per heavy atom. The predicted molar refractivity (Wildman–Crippen MR) is 109 cm³/mol. The Hall–Kier alpha value is -2.82. The van der Waals surface area contributed by atoms with Gasteiger partial charge in [0.1, 0.15) is 11.8 Å². The van der Waals surface area contributed by atoms with Crippen molar-refractivity contribution in [2.24, 2.45) is 5.92 Å². The summed E-state index contributed by atoms with van der Waals surface area (Å²) in [5, 5.41) is 2.82. The predicted octanol–water partition coefficient (Wildman–Crippen LogP) is 3.43. The Morgan fingerprint density at radius 2 is 1.82 bits per heavy atom. The number of carbonyl (C=O) groups excluding carboxylic acids is 2. The van der Waals surface area contributed by atoms with Gasteiger partial charge in [0, 0.05) is 18.7 Å². The summed E-state index contributed by atoms with van der Waals surface area (Å²) >= 11 is 0. The second-order valence-corrected chi connectivity index (χ2v) is 7.46. The van der Waals surface area contributed by atoms with Crippen molar-refractivity contribution in [3.8, 4) is 5.75 Å². The summed E-state index contributed by atoms with van der Waals surface area (Å²) in [6, 6.07) is 16.6. The molecule has 1 fully saturated rings. The third-order valence-electron chi connectivity index (χ3n) is 5.15. The van der Waals surface area contributed by atoms with Crippen LogP contribution in [0.5, 0.6) is 5.75 Å². The van der Waals surface area contributed by atoms with Gasteiger partial charge in [-0.25, -0.2) is 0 Å². The topological polar surface area (TPSA) is 58.6 Å². The number of aryl methyl sites for hydroxylation is 1. The molecule has 28 heavy (non-hydrogen) atoms. The van der Waals surface area contributed by atoms with Crippen LogP contribution >= 0.6 is 0 Å². The van der Waals surface area contributed by atoms with Crippen molar-refractivity contribution < 1.29 is 14.3 Å². The van der Waals surface area contributed by atoms with Crippen molar-refractivity contribution in [3.63, 3.8) is 0 Å². The molecule has 1 aliphatic heterocycles. The van der Waals surface area contributed by atoms with E-state index in [9.17, 15) is 9.59 Å². The number of nitrogens with zero attached hydrogens (tertiary/aromatic N) is 1. The normalized spacial score (nSPS) is 15.7. The van der Waals surface area contributed by atoms with Crippen LogP contribution in [-0.4, -0.2) is 42.5 Å². The van der Waals surface area contributed by atoms with Crippen molar-refractivity contribution in [2.75, 3.05) is 19.7 Å². The number of carbonyl (C=O) groups is 2. The van der Waals surface area contributed by atoms with Gasteiger partial charge < -0.3 is 15.0 Å². The van der Waals surface area contributed by atoms with Gasteiger partial charge in [0.15, 0.2) is 0 Å². The fourth-order valence-corrected chi connectivity index (χ4v) is 3.45. The molecule has 1 aliphatic rings. The number of piperidine rings is 1. The molecule has 1 unspecified atom stereocenters. The van der Waals surface area contributed by atoms with E-state index in [1.54, 1.807) is 13.0 Å². The number of rotatable bonds is 6. The molecule has 0 aromatic heterocycles. The Kier molecular flexibility index (Phi) is 6.69. The zero-order valence-electron chi connectivity index (χ0n) is 16.6. The maximum absolute atomic E-state index is 12.7. The third kappa shape index (κ3) is 5.35. The van der Waals surface area contributed by atoms with Gasteiger partial charge in [0.2, 0.25) is 5.91 Å². The molecule has 3 rings (SSSR count). The van der Waals surface area contributed by atoms with Gasteiger partial charge in [-0.15, -0.1) is 0 Å². The molecular formula is C23H28N2O3. The Bertz CT molecular complexity index is 799. The first-order valence-corrected chi connectivity index (χ1v) is 9.87. The van der Waals surface area contributed by atoms with E-state index in [4.69, 9.17) is 4.74 Å². The van der Waals surface area contributed by atoms with E-state index < -0.39 is 6.04 Å². The van der Waals surface area contributed by atoms with E-state index in [-0.39, 0.29) is 11.8 Å². The lowest BCUT2D eigenvalue weighted by Gasteiger charge is -2.33. The number of hydrogen-bond donors (Lipinski definition) is 1. The summed E-state index contributed by atoms with van der Waals surface area (Å²) in [5.74, 6) is 1.09. The number of likely N-dealkylation sites (tertiary alicyclic amines) is 1. The van der Waals surface area contributed by atoms with Gasteiger partial charge in [-0.3, -0.25) is 9.59 Å². The molecule has 1 heterocycles. The lowest BCUT2D eigenvalue weighted by atomic mass is 9.97. The van der Waals surface area contributed by atoms with Crippen LogP contribution in [0.15, 0.2) is 54.6 Å². The minimum Gasteiger partial charge on any atom is -0.493 e. The smallest absolute Gasteiger partial charge is 0.251 e. The highest BCUT2D eigenvalue weighted by atomic mass is 16.5. The monoisotopic (exact) mass is 380 g/mol. The van der Waals surface area contributed by atoms with Crippen LogP contribution in [0.3, 0.4) is 0 Å². The van der Waals surface area contributed by atoms with Crippen LogP contribution in [0.2, 0.25) is 0 Å². The summed E-state index contributed by atoms with van der Waals surface area (Å²) in [6.45, 7) is 5.77. The van der Waals surface area contributed by atoms with Crippen molar-refractivity contribution in [2.45, 2.75) is 32.7 Å². The quantitative estimate of drug-likeness (QED) is 0.835. The summed E-state index contributed by atoms with van der Waals surface area (Å²) in [5.41, 5.74) is 1.60. The van der Waals surface area contributed by atoms with Crippen molar-refractivity contribution in [1.82, 2.24) is 10.2 Å². The van der Waals surface area contributed by atoms with Gasteiger partial charge in [-0.05, 0) is 56.9 Å². The Balaban J connectivity index is 1.44. The lowest BCUT2D eigenvalue weighted by molar-refractivity contribution is -0.134. The number of benzene rings is 2. The van der Waals surface area contributed by atoms with Crippen LogP contribution in [0.25, 0.3) is 0 Å². The van der Waals surface area contributed by atoms with Crippen molar-refractivity contribution in [1.29, 1.82) is 0 Å². The molecule has 0 spiro atoms. The van der Waals surface area contributed by atoms with Gasteiger partial charge in [-0.1, -0.05) is 35.9 Å². The lowest BCUT2D eigenvalue weighted by Crippen LogP contribution is -2.49. The fraction of sp³-hybridized carbons (Fsp3) is 0.391. The second kappa shape index (κ2) is 9.40. The SMILES string of the molecule is Cc1cccc(C(=O)NC(C)C(=O)N2CCC(COc3ccccc3)CC2)c1. The molecule has 148 valence electrons. The van der Waals surface area contributed by atoms with Crippen molar-refractivity contribution in [3.05, 3.63) is 65.7 Å². The zero-order chi connectivity index (χ0) is 19.9. The van der Waals surface area contributed by atoms with Gasteiger partial charge in [-0.2, -0.15) is 0 Å². The zero-order valence-corrected chi connectivity index (χ0v) is 16.6. The van der Waals surface area contributed by atoms with E-state index in [1.165, 1.54) is 0 Å². The van der Waals surface area contributed by atoms with E-state index in [1.807, 2.05) is 60.4 Å². The number of nitrogens with one attached hydrogen (secondary N) is 1. The fourth-order valence-electron chi connectivity index (χ4n) is 3.45. The van der Waals surface area contributed by atoms with E-state index in [0.717, 1.165) is 24.2 Å². The number of amides is 2. The van der Waals surface area contributed by atoms with Crippen LogP contribution < -0.4 is 10.1 Å². The van der Waals surface area contributed by atoms with Gasteiger partial charge in [0.05, 0.1) is 6.61 Å². The van der Waals surface area contributed by atoms with Crippen LogP contribution in [0, 0.1) is 12.8 Å². The largest absolute Gasteiger partial charge is 0.493 e. The molecule has 1 saturated heterocycles. The van der Waals surface area contributed by atoms with E-state index in [0.29, 0.717) is 31.2 Å². The molecule has 0 saturated carbocycles. The average molecular weight is 380 g/mol. The summed E-state index contributed by atoms with van der Waals surface area (Å²) in [6.07, 6.45) is 1.83. The van der Waals surface area contributed by atoms with Gasteiger partial charge >= 0.3 is 0 Å². The first-order chi connectivity index (χ1) is 13.5. The van der Waals surface area contributed by atoms with E-state index >= 15 is 0 Å². The molecule has 1 atom stereocenters. The van der Waals surface area contributed by atoms with Crippen LogP contribution in [-0.2, 0) is 4.79 Å². The Labute approximate surface area is 166 Å². The molecular weight excluding hydrogens is 352 g/mol. The molecule has 0 radical (unpaired) electrons. The summed E-state index contributed by atoms with van der Waals surface area (Å²) in [4.78, 5) is 26.9. The molecule has 2 aromatic rings. The second-order valence-electron chi connectivity index (χ2n) is 7.46. The summed E-state index contributed by atoms with van der Waals surface area (Å²) < 4.78 is 5.84. The average Bonchev–Trinajstić information content (AvgIpc) is 2.73. The standard InChI is InChI=1S/C23H28N2O3/c1-17-7-6-8-20(15-17)22(26)24-18(2)23(27)25-13-11-19(12-14-25)16-28-21-9-4-3-5-10-21/h3-10,15,18-19H,11-14,16H2,1-2H3,(H,24,26). The molecule has 2 aromatic carbocycles. The molecule has 0 bridgehead atoms. The highest BCUT2D eigenvalue weighted by Gasteiger charge is 2.27. The first kappa shape index (κ1) is 19.9. The maximum Gasteiger partial charge on any atom is 0.251 e. The number of para-hydroxylation sites is 1. The molecule has 5 nitrogen and oxygen atoms in total. The van der Waals surface area contributed by atoms with Crippen LogP contribution in [0.4, 0.5) is 0 Å². The van der Waals surface area contributed by atoms with E-state index in [2.05, 4.69) is 5.32 Å². The molecule has 2 amide bonds. The highest BCUT2D eigenvalue weighted by molar-refractivity contribution is 5.97. The molecule has 1 N–H and O–H groups in total. The highest BCUT2D eigenvalue weighted by Crippen LogP contribution is 2.20. The maximum atomic E-state index is 12.7. The van der Waals surface area contributed by atoms with Crippen LogP contribution in [0.1, 0.15) is 35.7 Å². The number of ether oxygens (including phenoxy) is 1. The number of hydrogen-bond acceptors (Lipinski definition) is 3. The Morgan fingerprint density at radius 3 is 2.50 bits per heavy atom. The van der Waals surface area contributed by atoms with Gasteiger partial charge in [0.25, 0.3) is 5.91 Å². The third-order valence-corrected chi connectivity index (χ3v) is 5.15.